The average molecular weight is 373 g/mol. The zero-order chi connectivity index (χ0) is 19.0. The van der Waals surface area contributed by atoms with E-state index in [9.17, 15) is 0 Å². The topological polar surface area (TPSA) is 0 Å². The average Bonchev–Trinajstić information content (AvgIpc) is 2.92. The van der Waals surface area contributed by atoms with E-state index in [-0.39, 0.29) is 0 Å². The van der Waals surface area contributed by atoms with Gasteiger partial charge in [-0.2, -0.15) is 0 Å². The summed E-state index contributed by atoms with van der Waals surface area (Å²) in [6.07, 6.45) is 2.40. The number of benzene rings is 2. The predicted octanol–water partition coefficient (Wildman–Crippen LogP) is 7.63. The molecule has 0 fully saturated rings. The Morgan fingerprint density at radius 3 is 1.48 bits per heavy atom. The van der Waals surface area contributed by atoms with Crippen LogP contribution in [0, 0.1) is 27.7 Å². The van der Waals surface area contributed by atoms with Crippen molar-refractivity contribution in [1.82, 2.24) is 0 Å². The fraction of sp³-hybridized carbons (Fsp3) is 0.385. The first kappa shape index (κ1) is 17.3. The van der Waals surface area contributed by atoms with Gasteiger partial charge >= 0.3 is 0 Å². The summed E-state index contributed by atoms with van der Waals surface area (Å²) in [5.74, 6) is 1.23. The van der Waals surface area contributed by atoms with E-state index < -0.39 is 0 Å². The largest absolute Gasteiger partial charge is 0.135 e. The number of fused-ring (bicyclic) bond motifs is 7. The molecule has 0 radical (unpaired) electrons. The summed E-state index contributed by atoms with van der Waals surface area (Å²) in [6.45, 7) is 13.9. The van der Waals surface area contributed by atoms with Crippen LogP contribution >= 0.6 is 11.3 Å². The Kier molecular flexibility index (Phi) is 3.72. The van der Waals surface area contributed by atoms with Gasteiger partial charge in [-0.1, -0.05) is 49.2 Å². The van der Waals surface area contributed by atoms with E-state index in [1.165, 1.54) is 46.2 Å². The molecule has 0 N–H and O–H groups in total. The van der Waals surface area contributed by atoms with Gasteiger partial charge in [0.25, 0.3) is 0 Å². The highest BCUT2D eigenvalue weighted by Gasteiger charge is 2.34. The lowest BCUT2D eigenvalue weighted by Gasteiger charge is -2.28. The van der Waals surface area contributed by atoms with Crippen LogP contribution in [-0.4, -0.2) is 0 Å². The summed E-state index contributed by atoms with van der Waals surface area (Å²) in [5, 5.41) is 0. The van der Waals surface area contributed by atoms with Crippen molar-refractivity contribution in [3.8, 4) is 20.9 Å². The van der Waals surface area contributed by atoms with Gasteiger partial charge in [-0.15, -0.1) is 11.3 Å². The molecule has 1 heterocycles. The summed E-state index contributed by atoms with van der Waals surface area (Å²) in [4.78, 5) is 3.11. The third-order valence-corrected chi connectivity index (χ3v) is 8.02. The smallest absolute Gasteiger partial charge is 0.0387 e. The first-order valence-corrected chi connectivity index (χ1v) is 11.0. The molecular formula is C26H28S. The van der Waals surface area contributed by atoms with Crippen LogP contribution < -0.4 is 0 Å². The van der Waals surface area contributed by atoms with Crippen LogP contribution in [0.15, 0.2) is 24.3 Å². The molecule has 0 spiro atoms. The standard InChI is InChI=1S/C26H28S/c1-13-7-15(3)23-17(5)11-19-20-12-18(6)24-16(4)8-14(2)10-22(24)26(20)27-25(19)21(23)9-13/h7-10,17-18H,11-12H2,1-6H3. The Hall–Kier alpha value is -1.86. The fourth-order valence-corrected chi connectivity index (χ4v) is 7.25. The zero-order valence-electron chi connectivity index (χ0n) is 17.3. The van der Waals surface area contributed by atoms with Crippen molar-refractivity contribution in [3.63, 3.8) is 0 Å². The van der Waals surface area contributed by atoms with Crippen molar-refractivity contribution in [2.24, 2.45) is 0 Å². The number of thiophene rings is 1. The third kappa shape index (κ3) is 2.41. The van der Waals surface area contributed by atoms with Crippen LogP contribution in [0.5, 0.6) is 0 Å². The quantitative estimate of drug-likeness (QED) is 0.380. The van der Waals surface area contributed by atoms with E-state index in [1.54, 1.807) is 32.0 Å². The molecule has 2 aromatic carbocycles. The zero-order valence-corrected chi connectivity index (χ0v) is 18.1. The molecular weight excluding hydrogens is 344 g/mol. The van der Waals surface area contributed by atoms with E-state index in [1.807, 2.05) is 0 Å². The van der Waals surface area contributed by atoms with Crippen molar-refractivity contribution < 1.29 is 0 Å². The van der Waals surface area contributed by atoms with Crippen molar-refractivity contribution in [2.75, 3.05) is 0 Å². The number of aryl methyl sites for hydroxylation is 4. The fourth-order valence-electron chi connectivity index (χ4n) is 5.82. The highest BCUT2D eigenvalue weighted by molar-refractivity contribution is 7.19. The van der Waals surface area contributed by atoms with Crippen molar-refractivity contribution in [1.29, 1.82) is 0 Å². The molecule has 0 bridgehead atoms. The van der Waals surface area contributed by atoms with Crippen molar-refractivity contribution >= 4 is 11.3 Å². The second-order valence-electron chi connectivity index (χ2n) is 9.01. The Labute approximate surface area is 167 Å². The molecule has 138 valence electrons. The lowest BCUT2D eigenvalue weighted by Crippen LogP contribution is -2.14. The summed E-state index contributed by atoms with van der Waals surface area (Å²) in [6, 6.07) is 9.59. The maximum atomic E-state index is 2.44. The number of hydrogen-bond acceptors (Lipinski definition) is 1. The minimum atomic E-state index is 0.614. The third-order valence-electron chi connectivity index (χ3n) is 6.67. The molecule has 2 atom stereocenters. The van der Waals surface area contributed by atoms with Gasteiger partial charge in [0.05, 0.1) is 0 Å². The molecule has 2 aliphatic rings. The van der Waals surface area contributed by atoms with Gasteiger partial charge < -0.3 is 0 Å². The molecule has 0 saturated carbocycles. The van der Waals surface area contributed by atoms with Crippen LogP contribution in [0.1, 0.15) is 70.2 Å². The molecule has 5 rings (SSSR count). The molecule has 27 heavy (non-hydrogen) atoms. The predicted molar refractivity (Wildman–Crippen MR) is 118 cm³/mol. The lowest BCUT2D eigenvalue weighted by atomic mass is 9.75. The second-order valence-corrected chi connectivity index (χ2v) is 10.0. The molecule has 0 amide bonds. The number of hydrogen-bond donors (Lipinski definition) is 0. The minimum Gasteiger partial charge on any atom is -0.135 e. The first-order valence-electron chi connectivity index (χ1n) is 10.2. The van der Waals surface area contributed by atoms with E-state index >= 15 is 0 Å². The Balaban J connectivity index is 1.82. The van der Waals surface area contributed by atoms with Gasteiger partial charge in [-0.05, 0) is 96.9 Å². The van der Waals surface area contributed by atoms with Crippen LogP contribution in [0.3, 0.4) is 0 Å². The highest BCUT2D eigenvalue weighted by atomic mass is 32.1. The summed E-state index contributed by atoms with van der Waals surface area (Å²) in [7, 11) is 0. The monoisotopic (exact) mass is 372 g/mol. The maximum Gasteiger partial charge on any atom is 0.0387 e. The first-order chi connectivity index (χ1) is 12.8. The Morgan fingerprint density at radius 2 is 1.07 bits per heavy atom. The normalized spacial score (nSPS) is 19.9. The van der Waals surface area contributed by atoms with Crippen LogP contribution in [0.25, 0.3) is 20.9 Å². The molecule has 0 aliphatic heterocycles. The van der Waals surface area contributed by atoms with Gasteiger partial charge in [-0.3, -0.25) is 0 Å². The van der Waals surface area contributed by atoms with Crippen LogP contribution in [0.2, 0.25) is 0 Å². The van der Waals surface area contributed by atoms with Crippen molar-refractivity contribution in [2.45, 2.75) is 66.2 Å². The van der Waals surface area contributed by atoms with E-state index in [0.29, 0.717) is 11.8 Å². The SMILES string of the molecule is Cc1cc(C)c2c(c1)-c1sc3c(c1CC2C)CC(C)c1c(C)cc(C)cc1-3. The Morgan fingerprint density at radius 1 is 0.667 bits per heavy atom. The van der Waals surface area contributed by atoms with Gasteiger partial charge in [0.15, 0.2) is 0 Å². The number of rotatable bonds is 0. The second kappa shape index (κ2) is 5.82. The molecule has 3 aromatic rings. The van der Waals surface area contributed by atoms with Gasteiger partial charge in [0, 0.05) is 9.75 Å². The summed E-state index contributed by atoms with van der Waals surface area (Å²) < 4.78 is 0. The Bertz CT molecular complexity index is 1010. The maximum absolute atomic E-state index is 2.44. The van der Waals surface area contributed by atoms with Crippen LogP contribution in [-0.2, 0) is 12.8 Å². The van der Waals surface area contributed by atoms with Crippen molar-refractivity contribution in [3.05, 3.63) is 68.8 Å². The molecule has 2 unspecified atom stereocenters. The lowest BCUT2D eigenvalue weighted by molar-refractivity contribution is 0.708. The van der Waals surface area contributed by atoms with Gasteiger partial charge in [0.2, 0.25) is 0 Å². The molecule has 0 saturated heterocycles. The van der Waals surface area contributed by atoms with Gasteiger partial charge in [-0.25, -0.2) is 0 Å². The van der Waals surface area contributed by atoms with E-state index in [0.717, 1.165) is 0 Å². The van der Waals surface area contributed by atoms with Crippen LogP contribution in [0.4, 0.5) is 0 Å². The highest BCUT2D eigenvalue weighted by Crippen LogP contribution is 2.54. The minimum absolute atomic E-state index is 0.614. The molecule has 1 heteroatoms. The van der Waals surface area contributed by atoms with E-state index in [4.69, 9.17) is 0 Å². The molecule has 2 aliphatic carbocycles. The van der Waals surface area contributed by atoms with E-state index in [2.05, 4.69) is 77.1 Å². The molecule has 1 aromatic heterocycles. The summed E-state index contributed by atoms with van der Waals surface area (Å²) >= 11 is 2.06. The van der Waals surface area contributed by atoms with Gasteiger partial charge in [0.1, 0.15) is 0 Å². The summed E-state index contributed by atoms with van der Waals surface area (Å²) in [5.41, 5.74) is 15.2. The molecule has 0 nitrogen and oxygen atoms in total.